The van der Waals surface area contributed by atoms with E-state index in [4.69, 9.17) is 5.84 Å². The number of nitrogen functional groups attached to an aromatic ring is 1. The Bertz CT molecular complexity index is 619. The Morgan fingerprint density at radius 2 is 2.00 bits per heavy atom. The van der Waals surface area contributed by atoms with Gasteiger partial charge in [0.05, 0.1) is 0 Å². The van der Waals surface area contributed by atoms with Gasteiger partial charge in [-0.3, -0.25) is 0 Å². The fourth-order valence-electron chi connectivity index (χ4n) is 1.76. The lowest BCUT2D eigenvalue weighted by molar-refractivity contribution is 0.565. The summed E-state index contributed by atoms with van der Waals surface area (Å²) in [5.74, 6) is 4.80. The second kappa shape index (κ2) is 6.15. The highest BCUT2D eigenvalue weighted by Gasteiger charge is 2.17. The molecule has 1 aromatic carbocycles. The van der Waals surface area contributed by atoms with E-state index in [0.717, 1.165) is 23.4 Å². The van der Waals surface area contributed by atoms with E-state index in [2.05, 4.69) is 15.4 Å². The number of benzene rings is 1. The summed E-state index contributed by atoms with van der Waals surface area (Å²) in [6.45, 7) is 3.93. The van der Waals surface area contributed by atoms with Crippen LogP contribution in [0.5, 0.6) is 0 Å². The molecule has 0 aliphatic carbocycles. The lowest BCUT2D eigenvalue weighted by Crippen LogP contribution is -2.13. The number of hydrazine groups is 1. The van der Waals surface area contributed by atoms with Gasteiger partial charge in [-0.2, -0.15) is 0 Å². The van der Waals surface area contributed by atoms with Crippen LogP contribution in [0.3, 0.4) is 0 Å². The fraction of sp³-hybridized carbons (Fsp3) is 0.231. The predicted octanol–water partition coefficient (Wildman–Crippen LogP) is 3.32. The van der Waals surface area contributed by atoms with Crippen LogP contribution in [0.25, 0.3) is 0 Å². The third kappa shape index (κ3) is 3.05. The van der Waals surface area contributed by atoms with Gasteiger partial charge >= 0.3 is 0 Å². The molecular formula is C13H14F2N4S. The number of aromatic nitrogens is 2. The van der Waals surface area contributed by atoms with Gasteiger partial charge in [0.1, 0.15) is 28.8 Å². The Morgan fingerprint density at radius 1 is 1.25 bits per heavy atom. The van der Waals surface area contributed by atoms with Gasteiger partial charge in [0.15, 0.2) is 0 Å². The van der Waals surface area contributed by atoms with Crippen molar-refractivity contribution in [1.82, 2.24) is 9.97 Å². The lowest BCUT2D eigenvalue weighted by Gasteiger charge is -2.14. The molecule has 0 spiro atoms. The number of nitrogens with two attached hydrogens (primary N) is 1. The van der Waals surface area contributed by atoms with Crippen molar-refractivity contribution in [3.05, 3.63) is 41.7 Å². The smallest absolute Gasteiger partial charge is 0.147 e. The van der Waals surface area contributed by atoms with E-state index < -0.39 is 11.6 Å². The van der Waals surface area contributed by atoms with Gasteiger partial charge < -0.3 is 5.43 Å². The molecule has 0 saturated heterocycles. The molecule has 2 rings (SSSR count). The SMILES string of the molecule is CC(C)c1c(NN)ncnc1Sc1ccc(F)cc1F. The van der Waals surface area contributed by atoms with Crippen LogP contribution in [0.1, 0.15) is 25.3 Å². The zero-order chi connectivity index (χ0) is 14.7. The average molecular weight is 296 g/mol. The first-order valence-electron chi connectivity index (χ1n) is 5.97. The van der Waals surface area contributed by atoms with E-state index in [1.165, 1.54) is 18.5 Å². The highest BCUT2D eigenvalue weighted by atomic mass is 32.2. The summed E-state index contributed by atoms with van der Waals surface area (Å²) in [6, 6.07) is 3.45. The minimum atomic E-state index is -0.620. The van der Waals surface area contributed by atoms with Crippen LogP contribution in [-0.2, 0) is 0 Å². The number of hydrogen-bond donors (Lipinski definition) is 2. The quantitative estimate of drug-likeness (QED) is 0.515. The van der Waals surface area contributed by atoms with Crippen LogP contribution in [0.4, 0.5) is 14.6 Å². The van der Waals surface area contributed by atoms with E-state index in [-0.39, 0.29) is 5.92 Å². The minimum absolute atomic E-state index is 0.105. The molecule has 0 bridgehead atoms. The molecule has 4 nitrogen and oxygen atoms in total. The van der Waals surface area contributed by atoms with Crippen molar-refractivity contribution in [3.8, 4) is 0 Å². The lowest BCUT2D eigenvalue weighted by atomic mass is 10.1. The summed E-state index contributed by atoms with van der Waals surface area (Å²) >= 11 is 1.12. The predicted molar refractivity (Wildman–Crippen MR) is 74.4 cm³/mol. The van der Waals surface area contributed by atoms with E-state index >= 15 is 0 Å². The Kier molecular flexibility index (Phi) is 4.51. The summed E-state index contributed by atoms with van der Waals surface area (Å²) in [6.07, 6.45) is 1.35. The van der Waals surface area contributed by atoms with Gasteiger partial charge in [-0.15, -0.1) is 0 Å². The minimum Gasteiger partial charge on any atom is -0.308 e. The fourth-order valence-corrected chi connectivity index (χ4v) is 2.80. The number of nitrogens with zero attached hydrogens (tertiary/aromatic N) is 2. The molecule has 2 aromatic rings. The molecule has 0 atom stereocenters. The molecule has 0 amide bonds. The average Bonchev–Trinajstić information content (AvgIpc) is 2.41. The summed E-state index contributed by atoms with van der Waals surface area (Å²) in [5.41, 5.74) is 3.30. The molecule has 1 heterocycles. The monoisotopic (exact) mass is 296 g/mol. The Balaban J connectivity index is 2.43. The molecule has 0 radical (unpaired) electrons. The third-order valence-corrected chi connectivity index (χ3v) is 3.73. The zero-order valence-corrected chi connectivity index (χ0v) is 11.8. The topological polar surface area (TPSA) is 63.8 Å². The zero-order valence-electron chi connectivity index (χ0n) is 11.0. The van der Waals surface area contributed by atoms with Crippen molar-refractivity contribution in [2.45, 2.75) is 29.7 Å². The van der Waals surface area contributed by atoms with Gasteiger partial charge in [0, 0.05) is 16.5 Å². The highest BCUT2D eigenvalue weighted by molar-refractivity contribution is 7.99. The number of rotatable bonds is 4. The normalized spacial score (nSPS) is 10.9. The van der Waals surface area contributed by atoms with Gasteiger partial charge in [-0.05, 0) is 18.1 Å². The second-order valence-corrected chi connectivity index (χ2v) is 5.45. The largest absolute Gasteiger partial charge is 0.308 e. The van der Waals surface area contributed by atoms with E-state index in [9.17, 15) is 8.78 Å². The molecule has 0 aliphatic rings. The summed E-state index contributed by atoms with van der Waals surface area (Å²) in [5, 5.41) is 0.591. The molecule has 106 valence electrons. The molecule has 0 unspecified atom stereocenters. The van der Waals surface area contributed by atoms with Crippen LogP contribution >= 0.6 is 11.8 Å². The Labute approximate surface area is 119 Å². The van der Waals surface area contributed by atoms with Crippen molar-refractivity contribution < 1.29 is 8.78 Å². The van der Waals surface area contributed by atoms with Crippen LogP contribution < -0.4 is 11.3 Å². The Morgan fingerprint density at radius 3 is 2.60 bits per heavy atom. The number of nitrogens with one attached hydrogen (secondary N) is 1. The maximum absolute atomic E-state index is 13.7. The van der Waals surface area contributed by atoms with Crippen molar-refractivity contribution in [2.24, 2.45) is 5.84 Å². The number of halogens is 2. The summed E-state index contributed by atoms with van der Waals surface area (Å²) < 4.78 is 26.6. The van der Waals surface area contributed by atoms with E-state index in [1.54, 1.807) is 0 Å². The number of anilines is 1. The molecule has 0 fully saturated rings. The second-order valence-electron chi connectivity index (χ2n) is 4.42. The van der Waals surface area contributed by atoms with Crippen molar-refractivity contribution in [1.29, 1.82) is 0 Å². The summed E-state index contributed by atoms with van der Waals surface area (Å²) in [7, 11) is 0. The third-order valence-electron chi connectivity index (χ3n) is 2.66. The first-order chi connectivity index (χ1) is 9.52. The van der Waals surface area contributed by atoms with E-state index in [1.807, 2.05) is 13.8 Å². The molecule has 7 heteroatoms. The first kappa shape index (κ1) is 14.7. The van der Waals surface area contributed by atoms with E-state index in [0.29, 0.717) is 15.7 Å². The molecule has 1 aromatic heterocycles. The molecule has 20 heavy (non-hydrogen) atoms. The molecule has 0 aliphatic heterocycles. The van der Waals surface area contributed by atoms with Crippen LogP contribution in [0.15, 0.2) is 34.4 Å². The van der Waals surface area contributed by atoms with Gasteiger partial charge in [-0.25, -0.2) is 24.6 Å². The highest BCUT2D eigenvalue weighted by Crippen LogP contribution is 2.36. The van der Waals surface area contributed by atoms with Crippen LogP contribution in [-0.4, -0.2) is 9.97 Å². The molecule has 3 N–H and O–H groups in total. The molecule has 0 saturated carbocycles. The number of hydrogen-bond acceptors (Lipinski definition) is 5. The first-order valence-corrected chi connectivity index (χ1v) is 6.79. The van der Waals surface area contributed by atoms with Crippen LogP contribution in [0, 0.1) is 11.6 Å². The van der Waals surface area contributed by atoms with Gasteiger partial charge in [0.25, 0.3) is 0 Å². The van der Waals surface area contributed by atoms with Crippen LogP contribution in [0.2, 0.25) is 0 Å². The Hall–Kier alpha value is -1.73. The van der Waals surface area contributed by atoms with Crippen molar-refractivity contribution in [2.75, 3.05) is 5.43 Å². The van der Waals surface area contributed by atoms with Gasteiger partial charge in [0.2, 0.25) is 0 Å². The van der Waals surface area contributed by atoms with Gasteiger partial charge in [-0.1, -0.05) is 25.6 Å². The standard InChI is InChI=1S/C13H14F2N4S/c1-7(2)11-12(19-16)17-6-18-13(11)20-10-4-3-8(14)5-9(10)15/h3-7H,16H2,1-2H3,(H,17,18,19). The van der Waals surface area contributed by atoms with Crippen molar-refractivity contribution in [3.63, 3.8) is 0 Å². The maximum atomic E-state index is 13.7. The summed E-state index contributed by atoms with van der Waals surface area (Å²) in [4.78, 5) is 8.51. The maximum Gasteiger partial charge on any atom is 0.147 e. The molecular weight excluding hydrogens is 282 g/mol. The van der Waals surface area contributed by atoms with Crippen molar-refractivity contribution >= 4 is 17.6 Å².